The van der Waals surface area contributed by atoms with Gasteiger partial charge < -0.3 is 9.84 Å². The van der Waals surface area contributed by atoms with E-state index >= 15 is 0 Å². The van der Waals surface area contributed by atoms with Crippen molar-refractivity contribution in [3.63, 3.8) is 0 Å². The van der Waals surface area contributed by atoms with Gasteiger partial charge in [0.1, 0.15) is 5.75 Å². The number of aryl methyl sites for hydroxylation is 2. The van der Waals surface area contributed by atoms with Crippen LogP contribution in [0.1, 0.15) is 33.9 Å². The number of benzene rings is 2. The van der Waals surface area contributed by atoms with Crippen LogP contribution in [0.2, 0.25) is 0 Å². The molecule has 0 fully saturated rings. The third-order valence-electron chi connectivity index (χ3n) is 3.82. The number of aliphatic hydroxyl groups is 1. The van der Waals surface area contributed by atoms with E-state index in [2.05, 4.69) is 31.2 Å². The second-order valence-corrected chi connectivity index (χ2v) is 5.34. The Morgan fingerprint density at radius 3 is 2.25 bits per heavy atom. The molecule has 0 aliphatic heterocycles. The molecule has 0 aliphatic rings. The molecule has 1 unspecified atom stereocenters. The molecule has 20 heavy (non-hydrogen) atoms. The van der Waals surface area contributed by atoms with Crippen LogP contribution in [0.15, 0.2) is 36.4 Å². The summed E-state index contributed by atoms with van der Waals surface area (Å²) in [6, 6.07) is 12.3. The van der Waals surface area contributed by atoms with Crippen molar-refractivity contribution >= 4 is 0 Å². The van der Waals surface area contributed by atoms with Gasteiger partial charge in [-0.3, -0.25) is 0 Å². The van der Waals surface area contributed by atoms with Crippen molar-refractivity contribution in [2.24, 2.45) is 0 Å². The summed E-state index contributed by atoms with van der Waals surface area (Å²) in [4.78, 5) is 0. The Labute approximate surface area is 121 Å². The van der Waals surface area contributed by atoms with Crippen LogP contribution in [0, 0.1) is 20.8 Å². The van der Waals surface area contributed by atoms with Gasteiger partial charge in [0.25, 0.3) is 0 Å². The maximum absolute atomic E-state index is 10.5. The lowest BCUT2D eigenvalue weighted by Crippen LogP contribution is -2.06. The highest BCUT2D eigenvalue weighted by molar-refractivity contribution is 5.46. The Bertz CT molecular complexity index is 585. The normalized spacial score (nSPS) is 12.2. The van der Waals surface area contributed by atoms with Crippen LogP contribution in [0.4, 0.5) is 0 Å². The van der Waals surface area contributed by atoms with Gasteiger partial charge in [0, 0.05) is 12.0 Å². The van der Waals surface area contributed by atoms with Crippen molar-refractivity contribution in [2.75, 3.05) is 7.11 Å². The Morgan fingerprint density at radius 2 is 1.65 bits per heavy atom. The smallest absolute Gasteiger partial charge is 0.127 e. The molecule has 0 amide bonds. The first-order chi connectivity index (χ1) is 9.52. The molecule has 0 saturated heterocycles. The summed E-state index contributed by atoms with van der Waals surface area (Å²) < 4.78 is 5.47. The molecule has 0 spiro atoms. The molecule has 0 saturated carbocycles. The molecular formula is C18H22O2. The number of rotatable bonds is 4. The van der Waals surface area contributed by atoms with E-state index in [1.165, 1.54) is 11.1 Å². The lowest BCUT2D eigenvalue weighted by Gasteiger charge is -2.18. The summed E-state index contributed by atoms with van der Waals surface area (Å²) >= 11 is 0. The van der Waals surface area contributed by atoms with Crippen LogP contribution in [-0.4, -0.2) is 12.2 Å². The van der Waals surface area contributed by atoms with E-state index < -0.39 is 6.10 Å². The highest BCUT2D eigenvalue weighted by Crippen LogP contribution is 2.32. The van der Waals surface area contributed by atoms with E-state index in [0.717, 1.165) is 22.4 Å². The lowest BCUT2D eigenvalue weighted by molar-refractivity contribution is 0.174. The van der Waals surface area contributed by atoms with Crippen molar-refractivity contribution in [3.8, 4) is 5.75 Å². The maximum Gasteiger partial charge on any atom is 0.127 e. The van der Waals surface area contributed by atoms with Crippen LogP contribution in [-0.2, 0) is 6.42 Å². The predicted octanol–water partition coefficient (Wildman–Crippen LogP) is 3.90. The molecule has 0 heterocycles. The number of hydrogen-bond acceptors (Lipinski definition) is 2. The minimum absolute atomic E-state index is 0.549. The highest BCUT2D eigenvalue weighted by Gasteiger charge is 2.16. The summed E-state index contributed by atoms with van der Waals surface area (Å²) in [5.41, 5.74) is 5.48. The summed E-state index contributed by atoms with van der Waals surface area (Å²) in [7, 11) is 1.66. The van der Waals surface area contributed by atoms with Crippen LogP contribution in [0.5, 0.6) is 5.75 Å². The molecule has 2 heteroatoms. The van der Waals surface area contributed by atoms with E-state index in [4.69, 9.17) is 4.74 Å². The Balaban J connectivity index is 2.27. The summed E-state index contributed by atoms with van der Waals surface area (Å²) in [6.07, 6.45) is 0.0473. The summed E-state index contributed by atoms with van der Waals surface area (Å²) in [6.45, 7) is 6.14. The summed E-state index contributed by atoms with van der Waals surface area (Å²) in [5.74, 6) is 0.796. The number of methoxy groups -OCH3 is 1. The van der Waals surface area contributed by atoms with Crippen molar-refractivity contribution in [1.82, 2.24) is 0 Å². The van der Waals surface area contributed by atoms with Crippen LogP contribution in [0.3, 0.4) is 0 Å². The molecule has 1 atom stereocenters. The van der Waals surface area contributed by atoms with Gasteiger partial charge in [-0.2, -0.15) is 0 Å². The zero-order chi connectivity index (χ0) is 14.7. The average molecular weight is 270 g/mol. The van der Waals surface area contributed by atoms with Crippen LogP contribution in [0.25, 0.3) is 0 Å². The molecule has 106 valence electrons. The topological polar surface area (TPSA) is 29.5 Å². The fourth-order valence-electron chi connectivity index (χ4n) is 2.40. The first kappa shape index (κ1) is 14.6. The van der Waals surface area contributed by atoms with Gasteiger partial charge in [-0.1, -0.05) is 42.0 Å². The minimum atomic E-state index is -0.549. The molecule has 0 aromatic heterocycles. The molecule has 2 aromatic carbocycles. The van der Waals surface area contributed by atoms with Crippen molar-refractivity contribution in [2.45, 2.75) is 33.3 Å². The zero-order valence-electron chi connectivity index (χ0n) is 12.6. The number of aliphatic hydroxyl groups excluding tert-OH is 1. The van der Waals surface area contributed by atoms with Crippen molar-refractivity contribution < 1.29 is 9.84 Å². The molecule has 0 bridgehead atoms. The van der Waals surface area contributed by atoms with E-state index in [0.29, 0.717) is 6.42 Å². The van der Waals surface area contributed by atoms with Gasteiger partial charge in [-0.25, -0.2) is 0 Å². The zero-order valence-corrected chi connectivity index (χ0v) is 12.6. The lowest BCUT2D eigenvalue weighted by atomic mass is 9.96. The Kier molecular flexibility index (Phi) is 4.46. The molecule has 1 N–H and O–H groups in total. The Hall–Kier alpha value is -1.80. The second kappa shape index (κ2) is 6.10. The summed E-state index contributed by atoms with van der Waals surface area (Å²) in [5, 5.41) is 10.5. The SMILES string of the molecule is COc1c(C(O)Cc2ccc(C)cc2)ccc(C)c1C. The van der Waals surface area contributed by atoms with Crippen molar-refractivity contribution in [3.05, 3.63) is 64.2 Å². The number of ether oxygens (including phenoxy) is 1. The average Bonchev–Trinajstić information content (AvgIpc) is 2.44. The molecule has 0 radical (unpaired) electrons. The fraction of sp³-hybridized carbons (Fsp3) is 0.333. The minimum Gasteiger partial charge on any atom is -0.496 e. The largest absolute Gasteiger partial charge is 0.496 e. The van der Waals surface area contributed by atoms with Gasteiger partial charge in [-0.15, -0.1) is 0 Å². The predicted molar refractivity (Wildman–Crippen MR) is 82.3 cm³/mol. The van der Waals surface area contributed by atoms with Crippen LogP contribution < -0.4 is 4.74 Å². The molecule has 2 aromatic rings. The van der Waals surface area contributed by atoms with Gasteiger partial charge in [0.2, 0.25) is 0 Å². The van der Waals surface area contributed by atoms with Crippen LogP contribution >= 0.6 is 0 Å². The molecule has 2 rings (SSSR count). The Morgan fingerprint density at radius 1 is 1.00 bits per heavy atom. The first-order valence-corrected chi connectivity index (χ1v) is 6.90. The maximum atomic E-state index is 10.5. The highest BCUT2D eigenvalue weighted by atomic mass is 16.5. The fourth-order valence-corrected chi connectivity index (χ4v) is 2.40. The third-order valence-corrected chi connectivity index (χ3v) is 3.82. The van der Waals surface area contributed by atoms with Gasteiger partial charge in [-0.05, 0) is 37.5 Å². The third kappa shape index (κ3) is 3.02. The molecule has 2 nitrogen and oxygen atoms in total. The van der Waals surface area contributed by atoms with Gasteiger partial charge >= 0.3 is 0 Å². The first-order valence-electron chi connectivity index (χ1n) is 6.90. The monoisotopic (exact) mass is 270 g/mol. The molecule has 0 aliphatic carbocycles. The van der Waals surface area contributed by atoms with E-state index in [1.807, 2.05) is 26.0 Å². The quantitative estimate of drug-likeness (QED) is 0.913. The van der Waals surface area contributed by atoms with Crippen molar-refractivity contribution in [1.29, 1.82) is 0 Å². The second-order valence-electron chi connectivity index (χ2n) is 5.34. The number of hydrogen-bond donors (Lipinski definition) is 1. The molecular weight excluding hydrogens is 248 g/mol. The van der Waals surface area contributed by atoms with E-state index in [9.17, 15) is 5.11 Å². The van der Waals surface area contributed by atoms with Gasteiger partial charge in [0.15, 0.2) is 0 Å². The van der Waals surface area contributed by atoms with E-state index in [-0.39, 0.29) is 0 Å². The standard InChI is InChI=1S/C18H22O2/c1-12-5-8-15(9-6-12)11-17(19)16-10-7-13(2)14(3)18(16)20-4/h5-10,17,19H,11H2,1-4H3. The van der Waals surface area contributed by atoms with Gasteiger partial charge in [0.05, 0.1) is 13.2 Å². The van der Waals surface area contributed by atoms with E-state index in [1.54, 1.807) is 7.11 Å².